The molecule has 0 aliphatic rings. The van der Waals surface area contributed by atoms with Crippen LogP contribution in [0.2, 0.25) is 0 Å². The van der Waals surface area contributed by atoms with Gasteiger partial charge in [-0.2, -0.15) is 10.1 Å². The fourth-order valence-corrected chi connectivity index (χ4v) is 2.60. The van der Waals surface area contributed by atoms with Crippen molar-refractivity contribution in [1.82, 2.24) is 19.9 Å². The standard InChI is InChI=1S/C16H20N4O2/c1-9(8-13-11(3)18-20(5)12(13)4)16-17-15(19-22-16)14-7-6-10(2)21-14/h6-7,9H,8H2,1-5H3. The number of aryl methyl sites for hydroxylation is 3. The van der Waals surface area contributed by atoms with E-state index in [1.54, 1.807) is 0 Å². The molecule has 0 bridgehead atoms. The lowest BCUT2D eigenvalue weighted by atomic mass is 9.99. The molecule has 0 N–H and O–H groups in total. The van der Waals surface area contributed by atoms with Crippen LogP contribution in [0.3, 0.4) is 0 Å². The molecule has 1 unspecified atom stereocenters. The first kappa shape index (κ1) is 14.6. The maximum Gasteiger partial charge on any atom is 0.238 e. The Hall–Kier alpha value is -2.37. The van der Waals surface area contributed by atoms with E-state index >= 15 is 0 Å². The van der Waals surface area contributed by atoms with Gasteiger partial charge < -0.3 is 8.94 Å². The van der Waals surface area contributed by atoms with E-state index in [0.29, 0.717) is 17.5 Å². The predicted molar refractivity (Wildman–Crippen MR) is 81.5 cm³/mol. The summed E-state index contributed by atoms with van der Waals surface area (Å²) < 4.78 is 12.8. The molecule has 116 valence electrons. The Morgan fingerprint density at radius 1 is 1.23 bits per heavy atom. The maximum atomic E-state index is 5.52. The van der Waals surface area contributed by atoms with E-state index < -0.39 is 0 Å². The number of furan rings is 1. The molecule has 6 heteroatoms. The fraction of sp³-hybridized carbons (Fsp3) is 0.438. The summed E-state index contributed by atoms with van der Waals surface area (Å²) in [7, 11) is 1.96. The van der Waals surface area contributed by atoms with E-state index in [0.717, 1.165) is 17.9 Å². The molecule has 0 radical (unpaired) electrons. The predicted octanol–water partition coefficient (Wildman–Crippen LogP) is 3.33. The minimum atomic E-state index is 0.124. The lowest BCUT2D eigenvalue weighted by molar-refractivity contribution is 0.357. The van der Waals surface area contributed by atoms with Crippen molar-refractivity contribution in [2.75, 3.05) is 0 Å². The SMILES string of the molecule is Cc1ccc(-c2noc(C(C)Cc3c(C)nn(C)c3C)n2)o1. The van der Waals surface area contributed by atoms with Crippen molar-refractivity contribution in [3.8, 4) is 11.6 Å². The molecule has 0 saturated heterocycles. The Balaban J connectivity index is 1.81. The van der Waals surface area contributed by atoms with Gasteiger partial charge >= 0.3 is 0 Å². The van der Waals surface area contributed by atoms with Crippen LogP contribution < -0.4 is 0 Å². The molecular weight excluding hydrogens is 280 g/mol. The number of hydrogen-bond acceptors (Lipinski definition) is 5. The first-order valence-corrected chi connectivity index (χ1v) is 7.35. The summed E-state index contributed by atoms with van der Waals surface area (Å²) in [4.78, 5) is 4.46. The van der Waals surface area contributed by atoms with Crippen LogP contribution in [0.25, 0.3) is 11.6 Å². The Kier molecular flexibility index (Phi) is 3.60. The smallest absolute Gasteiger partial charge is 0.238 e. The molecule has 3 aromatic heterocycles. The molecule has 0 fully saturated rings. The lowest BCUT2D eigenvalue weighted by Crippen LogP contribution is -2.01. The van der Waals surface area contributed by atoms with Gasteiger partial charge in [0.05, 0.1) is 5.69 Å². The van der Waals surface area contributed by atoms with Crippen molar-refractivity contribution in [2.24, 2.45) is 7.05 Å². The van der Waals surface area contributed by atoms with Gasteiger partial charge in [0.15, 0.2) is 5.76 Å². The van der Waals surface area contributed by atoms with E-state index in [4.69, 9.17) is 8.94 Å². The van der Waals surface area contributed by atoms with Crippen LogP contribution >= 0.6 is 0 Å². The number of aromatic nitrogens is 4. The Bertz CT molecular complexity index is 797. The summed E-state index contributed by atoms with van der Waals surface area (Å²) in [5, 5.41) is 8.46. The molecule has 22 heavy (non-hydrogen) atoms. The van der Waals surface area contributed by atoms with Gasteiger partial charge in [-0.3, -0.25) is 4.68 Å². The zero-order valence-electron chi connectivity index (χ0n) is 13.5. The third kappa shape index (κ3) is 2.56. The fourth-order valence-electron chi connectivity index (χ4n) is 2.60. The quantitative estimate of drug-likeness (QED) is 0.739. The van der Waals surface area contributed by atoms with E-state index in [1.807, 2.05) is 37.7 Å². The van der Waals surface area contributed by atoms with Gasteiger partial charge in [-0.1, -0.05) is 12.1 Å². The van der Waals surface area contributed by atoms with Crippen LogP contribution in [0, 0.1) is 20.8 Å². The van der Waals surface area contributed by atoms with Gasteiger partial charge in [0, 0.05) is 18.7 Å². The third-order valence-electron chi connectivity index (χ3n) is 3.99. The first-order valence-electron chi connectivity index (χ1n) is 7.35. The van der Waals surface area contributed by atoms with Crippen molar-refractivity contribution in [3.63, 3.8) is 0 Å². The summed E-state index contributed by atoms with van der Waals surface area (Å²) in [6.07, 6.45) is 0.824. The molecule has 3 aromatic rings. The van der Waals surface area contributed by atoms with E-state index in [1.165, 1.54) is 11.3 Å². The molecule has 3 rings (SSSR count). The summed E-state index contributed by atoms with van der Waals surface area (Å²) >= 11 is 0. The molecule has 0 aliphatic carbocycles. The van der Waals surface area contributed by atoms with Crippen LogP contribution in [0.1, 0.15) is 41.4 Å². The van der Waals surface area contributed by atoms with Gasteiger partial charge in [0.1, 0.15) is 5.76 Å². The minimum Gasteiger partial charge on any atom is -0.458 e. The molecule has 0 spiro atoms. The maximum absolute atomic E-state index is 5.52. The Morgan fingerprint density at radius 2 is 2.00 bits per heavy atom. The van der Waals surface area contributed by atoms with E-state index in [2.05, 4.69) is 29.1 Å². The zero-order valence-corrected chi connectivity index (χ0v) is 13.5. The highest BCUT2D eigenvalue weighted by molar-refractivity contribution is 5.45. The average molecular weight is 300 g/mol. The lowest BCUT2D eigenvalue weighted by Gasteiger charge is -2.06. The van der Waals surface area contributed by atoms with Crippen molar-refractivity contribution >= 4 is 0 Å². The van der Waals surface area contributed by atoms with E-state index in [-0.39, 0.29) is 5.92 Å². The second-order valence-electron chi connectivity index (χ2n) is 5.74. The van der Waals surface area contributed by atoms with Crippen molar-refractivity contribution < 1.29 is 8.94 Å². The molecule has 0 amide bonds. The number of rotatable bonds is 4. The minimum absolute atomic E-state index is 0.124. The zero-order chi connectivity index (χ0) is 15.9. The van der Waals surface area contributed by atoms with E-state index in [9.17, 15) is 0 Å². The highest BCUT2D eigenvalue weighted by Crippen LogP contribution is 2.25. The molecule has 1 atom stereocenters. The summed E-state index contributed by atoms with van der Waals surface area (Å²) in [6, 6.07) is 3.74. The summed E-state index contributed by atoms with van der Waals surface area (Å²) in [5.41, 5.74) is 3.46. The molecule has 0 saturated carbocycles. The highest BCUT2D eigenvalue weighted by atomic mass is 16.5. The monoisotopic (exact) mass is 300 g/mol. The normalized spacial score (nSPS) is 12.8. The van der Waals surface area contributed by atoms with Gasteiger partial charge in [-0.25, -0.2) is 0 Å². The number of nitrogens with zero attached hydrogens (tertiary/aromatic N) is 4. The Morgan fingerprint density at radius 3 is 2.59 bits per heavy atom. The van der Waals surface area contributed by atoms with Crippen molar-refractivity contribution in [2.45, 2.75) is 40.0 Å². The van der Waals surface area contributed by atoms with Crippen LogP contribution in [-0.2, 0) is 13.5 Å². The molecule has 3 heterocycles. The second-order valence-corrected chi connectivity index (χ2v) is 5.74. The molecular formula is C16H20N4O2. The van der Waals surface area contributed by atoms with Crippen LogP contribution in [0.5, 0.6) is 0 Å². The van der Waals surface area contributed by atoms with Crippen LogP contribution in [0.15, 0.2) is 21.1 Å². The van der Waals surface area contributed by atoms with Gasteiger partial charge in [0.2, 0.25) is 11.7 Å². The highest BCUT2D eigenvalue weighted by Gasteiger charge is 2.20. The first-order chi connectivity index (χ1) is 10.5. The summed E-state index contributed by atoms with van der Waals surface area (Å²) in [6.45, 7) is 8.07. The van der Waals surface area contributed by atoms with Crippen molar-refractivity contribution in [3.05, 3.63) is 40.7 Å². The molecule has 6 nitrogen and oxygen atoms in total. The Labute approximate surface area is 129 Å². The topological polar surface area (TPSA) is 69.9 Å². The average Bonchev–Trinajstić information content (AvgIpc) is 3.16. The third-order valence-corrected chi connectivity index (χ3v) is 3.99. The van der Waals surface area contributed by atoms with Gasteiger partial charge in [0.25, 0.3) is 0 Å². The molecule has 0 aliphatic heterocycles. The van der Waals surface area contributed by atoms with Crippen LogP contribution in [0.4, 0.5) is 0 Å². The van der Waals surface area contributed by atoms with Gasteiger partial charge in [-0.15, -0.1) is 0 Å². The number of hydrogen-bond donors (Lipinski definition) is 0. The van der Waals surface area contributed by atoms with Gasteiger partial charge in [-0.05, 0) is 44.9 Å². The second kappa shape index (κ2) is 5.44. The van der Waals surface area contributed by atoms with Crippen LogP contribution in [-0.4, -0.2) is 19.9 Å². The largest absolute Gasteiger partial charge is 0.458 e. The molecule has 0 aromatic carbocycles. The van der Waals surface area contributed by atoms with Crippen molar-refractivity contribution in [1.29, 1.82) is 0 Å². The summed E-state index contributed by atoms with van der Waals surface area (Å²) in [5.74, 6) is 2.70.